The summed E-state index contributed by atoms with van der Waals surface area (Å²) >= 11 is 0. The average Bonchev–Trinajstić information content (AvgIpc) is 2.37. The molecule has 1 N–H and O–H groups in total. The molecule has 0 fully saturated rings. The smallest absolute Gasteiger partial charge is 0.328 e. The lowest BCUT2D eigenvalue weighted by atomic mass is 10.2. The number of nitrogens with zero attached hydrogens (tertiary/aromatic N) is 2. The van der Waals surface area contributed by atoms with Crippen LogP contribution < -0.4 is 10.2 Å². The lowest BCUT2D eigenvalue weighted by molar-refractivity contribution is -0.142. The molecule has 1 amide bonds. The van der Waals surface area contributed by atoms with Crippen molar-refractivity contribution in [3.8, 4) is 0 Å². The monoisotopic (exact) mass is 251 g/mol. The maximum atomic E-state index is 11.9. The summed E-state index contributed by atoms with van der Waals surface area (Å²) in [5.41, 5.74) is 0.449. The van der Waals surface area contributed by atoms with Crippen LogP contribution in [0.5, 0.6) is 0 Å². The lowest BCUT2D eigenvalue weighted by Crippen LogP contribution is -2.39. The minimum atomic E-state index is -0.682. The topological polar surface area (TPSA) is 71.5 Å². The van der Waals surface area contributed by atoms with Gasteiger partial charge in [0.15, 0.2) is 0 Å². The van der Waals surface area contributed by atoms with E-state index < -0.39 is 12.0 Å². The molecule has 1 aromatic rings. The average molecular weight is 251 g/mol. The lowest BCUT2D eigenvalue weighted by Gasteiger charge is -2.14. The molecule has 18 heavy (non-hydrogen) atoms. The number of carbonyl (C=O) groups is 2. The molecule has 0 aliphatic rings. The first-order valence-corrected chi connectivity index (χ1v) is 5.47. The van der Waals surface area contributed by atoms with Gasteiger partial charge in [0, 0.05) is 25.9 Å². The standard InChI is InChI=1S/C12H17N3O3/c1-8(12(17)18-4)14-11(16)9-5-6-13-10(7-9)15(2)3/h5-8H,1-4H3,(H,14,16)/t8-/m0/s1. The van der Waals surface area contributed by atoms with E-state index in [0.717, 1.165) is 0 Å². The third kappa shape index (κ3) is 3.44. The van der Waals surface area contributed by atoms with E-state index in [0.29, 0.717) is 11.4 Å². The maximum absolute atomic E-state index is 11.9. The number of hydrogen-bond donors (Lipinski definition) is 1. The van der Waals surface area contributed by atoms with E-state index in [1.807, 2.05) is 14.1 Å². The summed E-state index contributed by atoms with van der Waals surface area (Å²) in [6.45, 7) is 1.57. The first-order chi connectivity index (χ1) is 8.45. The van der Waals surface area contributed by atoms with Gasteiger partial charge in [-0.15, -0.1) is 0 Å². The van der Waals surface area contributed by atoms with Crippen molar-refractivity contribution in [2.45, 2.75) is 13.0 Å². The highest BCUT2D eigenvalue weighted by Crippen LogP contribution is 2.09. The van der Waals surface area contributed by atoms with Crippen molar-refractivity contribution in [2.24, 2.45) is 0 Å². The van der Waals surface area contributed by atoms with Crippen LogP contribution in [0.3, 0.4) is 0 Å². The molecule has 1 rings (SSSR count). The number of ether oxygens (including phenoxy) is 1. The zero-order valence-electron chi connectivity index (χ0n) is 10.9. The van der Waals surface area contributed by atoms with Gasteiger partial charge in [0.25, 0.3) is 5.91 Å². The molecule has 0 aliphatic heterocycles. The number of nitrogens with one attached hydrogen (secondary N) is 1. The van der Waals surface area contributed by atoms with Crippen LogP contribution in [-0.2, 0) is 9.53 Å². The van der Waals surface area contributed by atoms with Gasteiger partial charge in [0.1, 0.15) is 11.9 Å². The van der Waals surface area contributed by atoms with Crippen LogP contribution in [0.25, 0.3) is 0 Å². The summed E-state index contributed by atoms with van der Waals surface area (Å²) in [7, 11) is 4.95. The molecule has 0 aliphatic carbocycles. The fourth-order valence-corrected chi connectivity index (χ4v) is 1.32. The van der Waals surface area contributed by atoms with E-state index in [1.165, 1.54) is 7.11 Å². The highest BCUT2D eigenvalue weighted by molar-refractivity contribution is 5.97. The summed E-state index contributed by atoms with van der Waals surface area (Å²) in [5.74, 6) is -0.142. The number of carbonyl (C=O) groups excluding carboxylic acids is 2. The Hall–Kier alpha value is -2.11. The highest BCUT2D eigenvalue weighted by Gasteiger charge is 2.17. The Kier molecular flexibility index (Phi) is 4.65. The van der Waals surface area contributed by atoms with Gasteiger partial charge in [-0.3, -0.25) is 4.79 Å². The van der Waals surface area contributed by atoms with Crippen molar-refractivity contribution in [3.05, 3.63) is 23.9 Å². The molecule has 0 bridgehead atoms. The van der Waals surface area contributed by atoms with Crippen molar-refractivity contribution >= 4 is 17.7 Å². The number of methoxy groups -OCH3 is 1. The van der Waals surface area contributed by atoms with E-state index in [2.05, 4.69) is 15.0 Å². The second-order valence-corrected chi connectivity index (χ2v) is 4.02. The summed E-state index contributed by atoms with van der Waals surface area (Å²) in [4.78, 5) is 29.0. The van der Waals surface area contributed by atoms with Gasteiger partial charge >= 0.3 is 5.97 Å². The van der Waals surface area contributed by atoms with Crippen LogP contribution in [0.4, 0.5) is 5.82 Å². The first kappa shape index (κ1) is 14.0. The Bertz CT molecular complexity index is 446. The fraction of sp³-hybridized carbons (Fsp3) is 0.417. The van der Waals surface area contributed by atoms with Gasteiger partial charge in [-0.2, -0.15) is 0 Å². The molecule has 1 heterocycles. The van der Waals surface area contributed by atoms with E-state index >= 15 is 0 Å². The first-order valence-electron chi connectivity index (χ1n) is 5.47. The summed E-state index contributed by atoms with van der Waals surface area (Å²) in [6, 6.07) is 2.56. The minimum Gasteiger partial charge on any atom is -0.467 e. The van der Waals surface area contributed by atoms with Gasteiger partial charge in [0.05, 0.1) is 7.11 Å². The second-order valence-electron chi connectivity index (χ2n) is 4.02. The van der Waals surface area contributed by atoms with Crippen LogP contribution in [0.15, 0.2) is 18.3 Å². The van der Waals surface area contributed by atoms with Crippen molar-refractivity contribution in [1.29, 1.82) is 0 Å². The number of esters is 1. The van der Waals surface area contributed by atoms with Crippen molar-refractivity contribution in [1.82, 2.24) is 10.3 Å². The molecule has 0 aromatic carbocycles. The molecular weight excluding hydrogens is 234 g/mol. The van der Waals surface area contributed by atoms with Gasteiger partial charge in [-0.1, -0.05) is 0 Å². The zero-order valence-corrected chi connectivity index (χ0v) is 10.9. The number of anilines is 1. The number of aromatic nitrogens is 1. The van der Waals surface area contributed by atoms with Crippen LogP contribution in [0, 0.1) is 0 Å². The molecule has 1 atom stereocenters. The minimum absolute atomic E-state index is 0.335. The third-order valence-corrected chi connectivity index (χ3v) is 2.37. The molecule has 0 radical (unpaired) electrons. The van der Waals surface area contributed by atoms with Gasteiger partial charge in [-0.05, 0) is 19.1 Å². The normalized spacial score (nSPS) is 11.6. The molecule has 0 saturated heterocycles. The highest BCUT2D eigenvalue weighted by atomic mass is 16.5. The Morgan fingerprint density at radius 3 is 2.67 bits per heavy atom. The molecule has 98 valence electrons. The fourth-order valence-electron chi connectivity index (χ4n) is 1.32. The third-order valence-electron chi connectivity index (χ3n) is 2.37. The summed E-state index contributed by atoms with van der Waals surface area (Å²) < 4.78 is 4.54. The number of hydrogen-bond acceptors (Lipinski definition) is 5. The van der Waals surface area contributed by atoms with Crippen molar-refractivity contribution in [3.63, 3.8) is 0 Å². The number of amides is 1. The molecule has 0 unspecified atom stereocenters. The Morgan fingerprint density at radius 2 is 2.11 bits per heavy atom. The Balaban J connectivity index is 2.78. The van der Waals surface area contributed by atoms with E-state index in [9.17, 15) is 9.59 Å². The van der Waals surface area contributed by atoms with Crippen LogP contribution in [0.2, 0.25) is 0 Å². The van der Waals surface area contributed by atoms with E-state index in [4.69, 9.17) is 0 Å². The Labute approximate surface area is 106 Å². The van der Waals surface area contributed by atoms with Gasteiger partial charge < -0.3 is 15.0 Å². The molecule has 0 saturated carbocycles. The summed E-state index contributed by atoms with van der Waals surface area (Å²) in [5, 5.41) is 2.55. The van der Waals surface area contributed by atoms with E-state index in [-0.39, 0.29) is 5.91 Å². The molecule has 0 spiro atoms. The number of rotatable bonds is 4. The largest absolute Gasteiger partial charge is 0.467 e. The Morgan fingerprint density at radius 1 is 1.44 bits per heavy atom. The molecule has 6 heteroatoms. The number of pyridine rings is 1. The quantitative estimate of drug-likeness (QED) is 0.786. The zero-order chi connectivity index (χ0) is 13.7. The predicted molar refractivity (Wildman–Crippen MR) is 67.5 cm³/mol. The van der Waals surface area contributed by atoms with E-state index in [1.54, 1.807) is 30.2 Å². The second kappa shape index (κ2) is 6.00. The SMILES string of the molecule is COC(=O)[C@H](C)NC(=O)c1ccnc(N(C)C)c1. The molecule has 6 nitrogen and oxygen atoms in total. The van der Waals surface area contributed by atoms with Crippen LogP contribution in [0.1, 0.15) is 17.3 Å². The maximum Gasteiger partial charge on any atom is 0.328 e. The molecule has 1 aromatic heterocycles. The van der Waals surface area contributed by atoms with Crippen LogP contribution in [-0.4, -0.2) is 44.1 Å². The predicted octanol–water partition coefficient (Wildman–Crippen LogP) is 0.439. The summed E-state index contributed by atoms with van der Waals surface area (Å²) in [6.07, 6.45) is 1.55. The van der Waals surface area contributed by atoms with Crippen molar-refractivity contribution in [2.75, 3.05) is 26.1 Å². The van der Waals surface area contributed by atoms with Gasteiger partial charge in [-0.25, -0.2) is 9.78 Å². The molecular formula is C12H17N3O3. The van der Waals surface area contributed by atoms with Gasteiger partial charge in [0.2, 0.25) is 0 Å². The van der Waals surface area contributed by atoms with Crippen LogP contribution >= 0.6 is 0 Å². The van der Waals surface area contributed by atoms with Crippen molar-refractivity contribution < 1.29 is 14.3 Å².